The minimum absolute atomic E-state index is 0.0143. The highest BCUT2D eigenvalue weighted by Crippen LogP contribution is 2.34. The molecule has 1 aromatic carbocycles. The first-order chi connectivity index (χ1) is 15.0. The van der Waals surface area contributed by atoms with E-state index in [1.165, 1.54) is 0 Å². The number of nitrogens with zero attached hydrogens (tertiary/aromatic N) is 3. The van der Waals surface area contributed by atoms with E-state index in [1.807, 2.05) is 42.2 Å². The van der Waals surface area contributed by atoms with Crippen molar-refractivity contribution in [2.75, 3.05) is 26.1 Å². The molecule has 0 radical (unpaired) electrons. The van der Waals surface area contributed by atoms with Crippen molar-refractivity contribution in [3.63, 3.8) is 0 Å². The van der Waals surface area contributed by atoms with Crippen LogP contribution in [-0.2, 0) is 0 Å². The van der Waals surface area contributed by atoms with E-state index in [-0.39, 0.29) is 11.9 Å². The Labute approximate surface area is 182 Å². The predicted molar refractivity (Wildman–Crippen MR) is 121 cm³/mol. The zero-order valence-corrected chi connectivity index (χ0v) is 18.4. The van der Waals surface area contributed by atoms with E-state index in [2.05, 4.69) is 22.2 Å². The van der Waals surface area contributed by atoms with Crippen LogP contribution >= 0.6 is 0 Å². The number of ether oxygens (including phenoxy) is 2. The number of rotatable bonds is 5. The minimum Gasteiger partial charge on any atom is -0.497 e. The first kappa shape index (κ1) is 20.9. The van der Waals surface area contributed by atoms with Crippen LogP contribution in [0.5, 0.6) is 11.5 Å². The molecule has 1 atom stereocenters. The van der Waals surface area contributed by atoms with Crippen LogP contribution in [0, 0.1) is 6.92 Å². The lowest BCUT2D eigenvalue weighted by Gasteiger charge is -2.34. The van der Waals surface area contributed by atoms with E-state index in [4.69, 9.17) is 9.47 Å². The summed E-state index contributed by atoms with van der Waals surface area (Å²) in [6, 6.07) is 9.64. The number of amides is 1. The molecule has 3 heterocycles. The quantitative estimate of drug-likeness (QED) is 0.644. The van der Waals surface area contributed by atoms with Gasteiger partial charge in [-0.1, -0.05) is 0 Å². The summed E-state index contributed by atoms with van der Waals surface area (Å²) in [4.78, 5) is 24.6. The van der Waals surface area contributed by atoms with Gasteiger partial charge >= 0.3 is 0 Å². The van der Waals surface area contributed by atoms with Crippen LogP contribution in [0.3, 0.4) is 0 Å². The van der Waals surface area contributed by atoms with Crippen molar-refractivity contribution < 1.29 is 14.3 Å². The number of carbonyl (C=O) groups is 1. The van der Waals surface area contributed by atoms with E-state index < -0.39 is 0 Å². The molecule has 7 nitrogen and oxygen atoms in total. The number of fused-ring (bicyclic) bond motifs is 1. The number of benzene rings is 1. The summed E-state index contributed by atoms with van der Waals surface area (Å²) in [6.45, 7) is 4.79. The van der Waals surface area contributed by atoms with E-state index in [9.17, 15) is 4.79 Å². The van der Waals surface area contributed by atoms with Gasteiger partial charge in [0.1, 0.15) is 11.5 Å². The van der Waals surface area contributed by atoms with Crippen LogP contribution in [-0.4, -0.2) is 47.6 Å². The van der Waals surface area contributed by atoms with Gasteiger partial charge in [-0.3, -0.25) is 4.79 Å². The van der Waals surface area contributed by atoms with Gasteiger partial charge in [-0.25, -0.2) is 9.97 Å². The number of anilines is 2. The van der Waals surface area contributed by atoms with Crippen LogP contribution in [0.15, 0.2) is 36.5 Å². The topological polar surface area (TPSA) is 76.6 Å². The highest BCUT2D eigenvalue weighted by atomic mass is 16.5. The van der Waals surface area contributed by atoms with E-state index in [0.29, 0.717) is 28.4 Å². The second-order valence-electron chi connectivity index (χ2n) is 7.94. The minimum atomic E-state index is -0.0143. The molecule has 0 spiro atoms. The van der Waals surface area contributed by atoms with Gasteiger partial charge in [0.15, 0.2) is 5.65 Å². The summed E-state index contributed by atoms with van der Waals surface area (Å²) in [5.41, 5.74) is 3.45. The molecule has 0 unspecified atom stereocenters. The normalized spacial score (nSPS) is 16.3. The summed E-state index contributed by atoms with van der Waals surface area (Å²) in [5, 5.41) is 4.23. The van der Waals surface area contributed by atoms with Crippen molar-refractivity contribution in [2.24, 2.45) is 0 Å². The number of hydrogen-bond donors (Lipinski definition) is 1. The van der Waals surface area contributed by atoms with Crippen molar-refractivity contribution in [1.82, 2.24) is 14.9 Å². The molecule has 1 N–H and O–H groups in total. The van der Waals surface area contributed by atoms with Gasteiger partial charge < -0.3 is 19.7 Å². The molecule has 1 aliphatic rings. The largest absolute Gasteiger partial charge is 0.497 e. The predicted octanol–water partition coefficient (Wildman–Crippen LogP) is 4.71. The maximum Gasteiger partial charge on any atom is 0.257 e. The third kappa shape index (κ3) is 4.26. The summed E-state index contributed by atoms with van der Waals surface area (Å²) in [5.74, 6) is 1.30. The zero-order valence-electron chi connectivity index (χ0n) is 18.4. The molecule has 162 valence electrons. The Kier molecular flexibility index (Phi) is 5.93. The third-order valence-corrected chi connectivity index (χ3v) is 5.78. The van der Waals surface area contributed by atoms with E-state index >= 15 is 0 Å². The highest BCUT2D eigenvalue weighted by Gasteiger charge is 2.27. The van der Waals surface area contributed by atoms with E-state index in [1.54, 1.807) is 20.4 Å². The van der Waals surface area contributed by atoms with Crippen LogP contribution in [0.25, 0.3) is 11.0 Å². The molecular formula is C24H28N4O3. The molecule has 1 fully saturated rings. The van der Waals surface area contributed by atoms with Crippen LogP contribution in [0.1, 0.15) is 42.2 Å². The highest BCUT2D eigenvalue weighted by molar-refractivity contribution is 6.07. The van der Waals surface area contributed by atoms with Gasteiger partial charge in [-0.2, -0.15) is 0 Å². The number of carbonyl (C=O) groups excluding carboxylic acids is 1. The number of aromatic nitrogens is 2. The number of methoxy groups -OCH3 is 2. The van der Waals surface area contributed by atoms with Gasteiger partial charge in [-0.05, 0) is 45.2 Å². The fraction of sp³-hybridized carbons (Fsp3) is 0.375. The average molecular weight is 421 g/mol. The Hall–Kier alpha value is -3.35. The molecule has 3 aromatic rings. The fourth-order valence-corrected chi connectivity index (χ4v) is 4.05. The monoisotopic (exact) mass is 420 g/mol. The summed E-state index contributed by atoms with van der Waals surface area (Å²) >= 11 is 0. The van der Waals surface area contributed by atoms with Crippen molar-refractivity contribution in [1.29, 1.82) is 0 Å². The van der Waals surface area contributed by atoms with Gasteiger partial charge in [-0.15, -0.1) is 0 Å². The van der Waals surface area contributed by atoms with Crippen molar-refractivity contribution in [3.05, 3.63) is 47.8 Å². The number of pyridine rings is 2. The van der Waals surface area contributed by atoms with Crippen LogP contribution < -0.4 is 14.8 Å². The molecule has 31 heavy (non-hydrogen) atoms. The number of piperidine rings is 1. The molecule has 1 amide bonds. The Balaban J connectivity index is 1.83. The number of hydrogen-bond acceptors (Lipinski definition) is 6. The first-order valence-corrected chi connectivity index (χ1v) is 10.6. The lowest BCUT2D eigenvalue weighted by molar-refractivity contribution is 0.0636. The second-order valence-corrected chi connectivity index (χ2v) is 7.94. The van der Waals surface area contributed by atoms with Crippen molar-refractivity contribution in [3.8, 4) is 11.5 Å². The molecule has 0 aliphatic carbocycles. The molecule has 0 bridgehead atoms. The fourth-order valence-electron chi connectivity index (χ4n) is 4.05. The number of likely N-dealkylation sites (tertiary alicyclic amines) is 1. The summed E-state index contributed by atoms with van der Waals surface area (Å²) in [6.07, 6.45) is 4.83. The SMILES string of the molecule is COc1cc(Nc2c(C(=O)N3CCCC[C@@H]3C)cnc3nc(C)ccc23)cc(OC)c1. The Bertz CT molecular complexity index is 1090. The first-order valence-electron chi connectivity index (χ1n) is 10.6. The van der Waals surface area contributed by atoms with Gasteiger partial charge in [0, 0.05) is 53.8 Å². The maximum atomic E-state index is 13.6. The molecule has 4 rings (SSSR count). The zero-order chi connectivity index (χ0) is 22.0. The van der Waals surface area contributed by atoms with Gasteiger partial charge in [0.2, 0.25) is 0 Å². The van der Waals surface area contributed by atoms with Crippen LogP contribution in [0.4, 0.5) is 11.4 Å². The van der Waals surface area contributed by atoms with Crippen molar-refractivity contribution in [2.45, 2.75) is 39.2 Å². The molecule has 0 saturated carbocycles. The van der Waals surface area contributed by atoms with E-state index in [0.717, 1.165) is 42.6 Å². The summed E-state index contributed by atoms with van der Waals surface area (Å²) < 4.78 is 10.8. The molecule has 1 aliphatic heterocycles. The Morgan fingerprint density at radius 2 is 1.87 bits per heavy atom. The molecule has 7 heteroatoms. The van der Waals surface area contributed by atoms with Gasteiger partial charge in [0.25, 0.3) is 5.91 Å². The molecule has 1 saturated heterocycles. The standard InChI is InChI=1S/C24H28N4O3/c1-15-8-9-20-22(27-17-11-18(30-3)13-19(12-17)31-4)21(14-25-23(20)26-15)24(29)28-10-6-5-7-16(28)2/h8-9,11-14,16H,5-7,10H2,1-4H3,(H,25,26,27)/t16-/m0/s1. The maximum absolute atomic E-state index is 13.6. The van der Waals surface area contributed by atoms with Gasteiger partial charge in [0.05, 0.1) is 25.5 Å². The van der Waals surface area contributed by atoms with Crippen molar-refractivity contribution >= 4 is 28.3 Å². The molecular weight excluding hydrogens is 392 g/mol. The second kappa shape index (κ2) is 8.79. The smallest absolute Gasteiger partial charge is 0.257 e. The molecule has 2 aromatic heterocycles. The summed E-state index contributed by atoms with van der Waals surface area (Å²) in [7, 11) is 3.22. The number of nitrogens with one attached hydrogen (secondary N) is 1. The Morgan fingerprint density at radius 3 is 2.55 bits per heavy atom. The number of aryl methyl sites for hydroxylation is 1. The third-order valence-electron chi connectivity index (χ3n) is 5.78. The average Bonchev–Trinajstić information content (AvgIpc) is 2.78. The lowest BCUT2D eigenvalue weighted by Crippen LogP contribution is -2.42. The lowest BCUT2D eigenvalue weighted by atomic mass is 10.0. The Morgan fingerprint density at radius 1 is 1.13 bits per heavy atom. The van der Waals surface area contributed by atoms with Crippen LogP contribution in [0.2, 0.25) is 0 Å².